The minimum Gasteiger partial charge on any atom is -0.390 e. The molecule has 0 saturated carbocycles. The van der Waals surface area contributed by atoms with Crippen molar-refractivity contribution < 1.29 is 10.2 Å². The second kappa shape index (κ2) is 5.73. The second-order valence-corrected chi connectivity index (χ2v) is 3.12. The average Bonchev–Trinajstić information content (AvgIpc) is 2.34. The number of nitrogens with zero attached hydrogens (tertiary/aromatic N) is 4. The van der Waals surface area contributed by atoms with Gasteiger partial charge in [0.2, 0.25) is 0 Å². The number of aliphatic hydroxyl groups is 2. The lowest BCUT2D eigenvalue weighted by molar-refractivity contribution is 0.0242. The molecule has 1 aromatic rings. The fraction of sp³-hybridized carbons (Fsp3) is 0.300. The topological polar surface area (TPSA) is 113 Å². The molecule has 0 spiro atoms. The van der Waals surface area contributed by atoms with Crippen LogP contribution >= 0.6 is 0 Å². The van der Waals surface area contributed by atoms with Gasteiger partial charge in [0.15, 0.2) is 0 Å². The Labute approximate surface area is 92.0 Å². The van der Waals surface area contributed by atoms with Gasteiger partial charge in [0, 0.05) is 10.5 Å². The number of rotatable bonds is 4. The average molecular weight is 218 g/mol. The third-order valence-electron chi connectivity index (χ3n) is 2.10. The molecule has 1 aromatic carbocycles. The first kappa shape index (κ1) is 12.0. The third-order valence-corrected chi connectivity index (χ3v) is 2.10. The van der Waals surface area contributed by atoms with E-state index in [2.05, 4.69) is 10.0 Å². The van der Waals surface area contributed by atoms with Crippen molar-refractivity contribution in [3.63, 3.8) is 0 Å². The molecule has 0 bridgehead atoms. The molecule has 0 aliphatic heterocycles. The molecule has 0 aromatic heterocycles. The van der Waals surface area contributed by atoms with E-state index in [1.54, 1.807) is 24.3 Å². The summed E-state index contributed by atoms with van der Waals surface area (Å²) in [6.45, 7) is -0.239. The minimum absolute atomic E-state index is 0.239. The van der Waals surface area contributed by atoms with E-state index >= 15 is 0 Å². The van der Waals surface area contributed by atoms with Crippen molar-refractivity contribution in [2.75, 3.05) is 6.54 Å². The third kappa shape index (κ3) is 2.72. The maximum Gasteiger partial charge on any atom is 0.106 e. The van der Waals surface area contributed by atoms with E-state index in [1.807, 2.05) is 6.07 Å². The van der Waals surface area contributed by atoms with Crippen LogP contribution in [0.1, 0.15) is 17.2 Å². The first-order valence-corrected chi connectivity index (χ1v) is 4.56. The van der Waals surface area contributed by atoms with E-state index in [0.717, 1.165) is 0 Å². The highest BCUT2D eigenvalue weighted by molar-refractivity contribution is 5.39. The molecule has 0 aliphatic carbocycles. The molecule has 0 radical (unpaired) electrons. The lowest BCUT2D eigenvalue weighted by Gasteiger charge is -2.17. The van der Waals surface area contributed by atoms with Crippen molar-refractivity contribution in [2.45, 2.75) is 12.2 Å². The molecule has 6 heteroatoms. The molecule has 82 valence electrons. The minimum atomic E-state index is -1.23. The van der Waals surface area contributed by atoms with Crippen LogP contribution in [0.25, 0.3) is 10.4 Å². The molecule has 0 heterocycles. The van der Waals surface area contributed by atoms with E-state index < -0.39 is 12.2 Å². The van der Waals surface area contributed by atoms with E-state index in [0.29, 0.717) is 5.56 Å². The molecular weight excluding hydrogens is 208 g/mol. The summed E-state index contributed by atoms with van der Waals surface area (Å²) in [4.78, 5) is 2.48. The van der Waals surface area contributed by atoms with E-state index in [1.165, 1.54) is 0 Å². The normalized spacial score (nSPS) is 13.3. The Morgan fingerprint density at radius 2 is 2.12 bits per heavy atom. The van der Waals surface area contributed by atoms with Crippen molar-refractivity contribution in [1.29, 1.82) is 5.26 Å². The monoisotopic (exact) mass is 218 g/mol. The molecule has 0 saturated heterocycles. The molecule has 0 aliphatic rings. The van der Waals surface area contributed by atoms with Crippen molar-refractivity contribution in [2.24, 2.45) is 5.11 Å². The Balaban J connectivity index is 2.91. The Morgan fingerprint density at radius 1 is 1.44 bits per heavy atom. The molecule has 6 nitrogen and oxygen atoms in total. The summed E-state index contributed by atoms with van der Waals surface area (Å²) < 4.78 is 0. The van der Waals surface area contributed by atoms with Gasteiger partial charge in [-0.3, -0.25) is 0 Å². The number of hydrogen-bond acceptors (Lipinski definition) is 4. The van der Waals surface area contributed by atoms with Crippen molar-refractivity contribution in [1.82, 2.24) is 0 Å². The van der Waals surface area contributed by atoms with Gasteiger partial charge in [-0.15, -0.1) is 0 Å². The van der Waals surface area contributed by atoms with E-state index in [4.69, 9.17) is 10.8 Å². The molecule has 2 atom stereocenters. The molecule has 0 amide bonds. The van der Waals surface area contributed by atoms with Crippen LogP contribution in [-0.2, 0) is 0 Å². The number of nitriles is 1. The van der Waals surface area contributed by atoms with Crippen LogP contribution in [0.5, 0.6) is 0 Å². The number of aliphatic hydroxyl groups excluding tert-OH is 2. The maximum atomic E-state index is 9.74. The fourth-order valence-corrected chi connectivity index (χ4v) is 1.28. The fourth-order valence-electron chi connectivity index (χ4n) is 1.28. The number of benzene rings is 1. The second-order valence-electron chi connectivity index (χ2n) is 3.12. The van der Waals surface area contributed by atoms with E-state index in [9.17, 15) is 10.2 Å². The van der Waals surface area contributed by atoms with Crippen LogP contribution < -0.4 is 0 Å². The standard InChI is InChI=1S/C10H10N4O2/c11-5-7-3-1-2-4-8(7)10(16)9(15)6-13-14-12/h1-4,9-10,15-16H,6H2. The van der Waals surface area contributed by atoms with Gasteiger partial charge in [0.05, 0.1) is 24.3 Å². The van der Waals surface area contributed by atoms with Gasteiger partial charge in [-0.2, -0.15) is 5.26 Å². The Kier molecular flexibility index (Phi) is 4.30. The highest BCUT2D eigenvalue weighted by atomic mass is 16.3. The zero-order chi connectivity index (χ0) is 12.0. The molecular formula is C10H10N4O2. The van der Waals surface area contributed by atoms with Gasteiger partial charge < -0.3 is 10.2 Å². The smallest absolute Gasteiger partial charge is 0.106 e. The lowest BCUT2D eigenvalue weighted by Crippen LogP contribution is -2.21. The molecule has 1 rings (SSSR count). The number of azide groups is 1. The summed E-state index contributed by atoms with van der Waals surface area (Å²) in [7, 11) is 0. The van der Waals surface area contributed by atoms with E-state index in [-0.39, 0.29) is 12.1 Å². The highest BCUT2D eigenvalue weighted by Gasteiger charge is 2.19. The first-order chi connectivity index (χ1) is 7.70. The van der Waals surface area contributed by atoms with Crippen LogP contribution in [-0.4, -0.2) is 22.9 Å². The summed E-state index contributed by atoms with van der Waals surface area (Å²) in [6, 6.07) is 8.31. The van der Waals surface area contributed by atoms with Gasteiger partial charge in [-0.1, -0.05) is 23.3 Å². The van der Waals surface area contributed by atoms with Crippen LogP contribution in [0.15, 0.2) is 29.4 Å². The molecule has 2 N–H and O–H groups in total. The summed E-state index contributed by atoms with van der Waals surface area (Å²) in [5, 5.41) is 31.2. The largest absolute Gasteiger partial charge is 0.390 e. The predicted octanol–water partition coefficient (Wildman–Crippen LogP) is 1.26. The highest BCUT2D eigenvalue weighted by Crippen LogP contribution is 2.20. The van der Waals surface area contributed by atoms with Crippen LogP contribution in [0.3, 0.4) is 0 Å². The van der Waals surface area contributed by atoms with Crippen molar-refractivity contribution >= 4 is 0 Å². The van der Waals surface area contributed by atoms with Crippen LogP contribution in [0, 0.1) is 11.3 Å². The summed E-state index contributed by atoms with van der Waals surface area (Å²) in [5.74, 6) is 0. The van der Waals surface area contributed by atoms with Crippen LogP contribution in [0.4, 0.5) is 0 Å². The summed E-state index contributed by atoms with van der Waals surface area (Å²) in [5.41, 5.74) is 8.69. The van der Waals surface area contributed by atoms with Gasteiger partial charge in [0.1, 0.15) is 6.10 Å². The predicted molar refractivity (Wildman–Crippen MR) is 56.1 cm³/mol. The molecule has 16 heavy (non-hydrogen) atoms. The van der Waals surface area contributed by atoms with Crippen molar-refractivity contribution in [3.05, 3.63) is 45.8 Å². The van der Waals surface area contributed by atoms with Gasteiger partial charge in [-0.25, -0.2) is 0 Å². The summed E-state index contributed by atoms with van der Waals surface area (Å²) in [6.07, 6.45) is -2.45. The quantitative estimate of drug-likeness (QED) is 0.450. The Morgan fingerprint density at radius 3 is 2.75 bits per heavy atom. The maximum absolute atomic E-state index is 9.74. The molecule has 2 unspecified atom stereocenters. The Bertz CT molecular complexity index is 448. The van der Waals surface area contributed by atoms with Gasteiger partial charge in [0.25, 0.3) is 0 Å². The first-order valence-electron chi connectivity index (χ1n) is 4.56. The SMILES string of the molecule is N#Cc1ccccc1C(O)C(O)CN=[N+]=[N-]. The zero-order valence-corrected chi connectivity index (χ0v) is 8.35. The zero-order valence-electron chi connectivity index (χ0n) is 8.35. The number of hydrogen-bond donors (Lipinski definition) is 2. The van der Waals surface area contributed by atoms with Gasteiger partial charge in [-0.05, 0) is 11.6 Å². The molecule has 0 fully saturated rings. The van der Waals surface area contributed by atoms with Gasteiger partial charge >= 0.3 is 0 Å². The van der Waals surface area contributed by atoms with Crippen LogP contribution in [0.2, 0.25) is 0 Å². The lowest BCUT2D eigenvalue weighted by atomic mass is 9.99. The summed E-state index contributed by atoms with van der Waals surface area (Å²) >= 11 is 0. The Hall–Kier alpha value is -2.06. The van der Waals surface area contributed by atoms with Crippen molar-refractivity contribution in [3.8, 4) is 6.07 Å².